The number of rotatable bonds is 11. The minimum absolute atomic E-state index is 0.0653. The lowest BCUT2D eigenvalue weighted by Crippen LogP contribution is -2.42. The van der Waals surface area contributed by atoms with Crippen molar-refractivity contribution in [1.82, 2.24) is 9.62 Å². The van der Waals surface area contributed by atoms with E-state index in [1.807, 2.05) is 0 Å². The van der Waals surface area contributed by atoms with Crippen LogP contribution < -0.4 is 19.9 Å². The van der Waals surface area contributed by atoms with Crippen LogP contribution in [0.5, 0.6) is 11.5 Å². The van der Waals surface area contributed by atoms with E-state index in [-0.39, 0.29) is 34.8 Å². The zero-order chi connectivity index (χ0) is 23.7. The van der Waals surface area contributed by atoms with Crippen molar-refractivity contribution in [3.8, 4) is 11.5 Å². The quantitative estimate of drug-likeness (QED) is 0.275. The van der Waals surface area contributed by atoms with Gasteiger partial charge in [0, 0.05) is 19.2 Å². The molecule has 1 amide bonds. The summed E-state index contributed by atoms with van der Waals surface area (Å²) >= 11 is 0. The molecule has 0 radical (unpaired) electrons. The predicted octanol–water partition coefficient (Wildman–Crippen LogP) is 0.756. The maximum atomic E-state index is 13.0. The van der Waals surface area contributed by atoms with Gasteiger partial charge in [0.1, 0.15) is 4.90 Å². The molecule has 1 fully saturated rings. The monoisotopic (exact) mass is 469 g/mol. The molecule has 11 heteroatoms. The molecule has 1 heterocycles. The number of primary amides is 1. The van der Waals surface area contributed by atoms with E-state index in [1.54, 1.807) is 6.07 Å². The molecule has 0 aliphatic carbocycles. The number of hydrogen-bond acceptors (Lipinski definition) is 8. The number of nitrogens with two attached hydrogens (primary N) is 1. The van der Waals surface area contributed by atoms with Gasteiger partial charge in [-0.15, -0.1) is 0 Å². The van der Waals surface area contributed by atoms with E-state index < -0.39 is 16.0 Å². The van der Waals surface area contributed by atoms with E-state index in [0.29, 0.717) is 25.1 Å². The molecule has 3 N–H and O–H groups in total. The van der Waals surface area contributed by atoms with Crippen molar-refractivity contribution in [3.05, 3.63) is 23.8 Å². The molecule has 2 rings (SSSR count). The van der Waals surface area contributed by atoms with Gasteiger partial charge in [0.05, 0.1) is 27.2 Å². The highest BCUT2D eigenvalue weighted by molar-refractivity contribution is 7.89. The van der Waals surface area contributed by atoms with Crippen LogP contribution in [0.4, 0.5) is 0 Å². The Kier molecular flexibility index (Phi) is 9.48. The summed E-state index contributed by atoms with van der Waals surface area (Å²) in [6.07, 6.45) is 4.86. The van der Waals surface area contributed by atoms with Gasteiger partial charge in [-0.2, -0.15) is 0 Å². The Hall–Kier alpha value is -2.63. The maximum absolute atomic E-state index is 13.0. The van der Waals surface area contributed by atoms with Gasteiger partial charge in [0.25, 0.3) is 0 Å². The highest BCUT2D eigenvalue weighted by Gasteiger charge is 2.25. The molecule has 1 unspecified atom stereocenters. The maximum Gasteiger partial charge on any atom is 0.330 e. The summed E-state index contributed by atoms with van der Waals surface area (Å²) in [5.74, 6) is -0.740. The van der Waals surface area contributed by atoms with Crippen molar-refractivity contribution < 1.29 is 32.2 Å². The number of sulfonamides is 1. The fraction of sp³-hybridized carbons (Fsp3) is 0.524. The van der Waals surface area contributed by atoms with E-state index in [1.165, 1.54) is 39.5 Å². The number of carbonyl (C=O) groups excluding carboxylic acids is 2. The van der Waals surface area contributed by atoms with E-state index >= 15 is 0 Å². The number of nitrogens with one attached hydrogen (secondary N) is 1. The Labute approximate surface area is 188 Å². The molecule has 1 aliphatic rings. The third-order valence-electron chi connectivity index (χ3n) is 5.22. The second-order valence-corrected chi connectivity index (χ2v) is 9.14. The molecule has 0 bridgehead atoms. The van der Waals surface area contributed by atoms with Gasteiger partial charge >= 0.3 is 5.97 Å². The van der Waals surface area contributed by atoms with Crippen molar-refractivity contribution in [1.29, 1.82) is 0 Å². The SMILES string of the molecule is COC(=O)/C=C/c1cc(OC)c(OC)c(S(=O)(=O)NCCCN2CCCC(C(N)=O)C2)c1. The number of methoxy groups -OCH3 is 3. The number of esters is 1. The Morgan fingerprint density at radius 2 is 2.00 bits per heavy atom. The van der Waals surface area contributed by atoms with Crippen molar-refractivity contribution in [2.24, 2.45) is 11.7 Å². The first kappa shape index (κ1) is 25.6. The Morgan fingerprint density at radius 3 is 2.62 bits per heavy atom. The molecule has 32 heavy (non-hydrogen) atoms. The smallest absolute Gasteiger partial charge is 0.330 e. The first-order valence-electron chi connectivity index (χ1n) is 10.2. The Bertz CT molecular complexity index is 947. The van der Waals surface area contributed by atoms with Gasteiger partial charge in [-0.1, -0.05) is 0 Å². The highest BCUT2D eigenvalue weighted by Crippen LogP contribution is 2.36. The molecule has 0 saturated carbocycles. The lowest BCUT2D eigenvalue weighted by atomic mass is 9.97. The Balaban J connectivity index is 2.10. The van der Waals surface area contributed by atoms with Gasteiger partial charge in [-0.05, 0) is 56.1 Å². The first-order valence-corrected chi connectivity index (χ1v) is 11.7. The Morgan fingerprint density at radius 1 is 1.25 bits per heavy atom. The molecule has 0 aromatic heterocycles. The lowest BCUT2D eigenvalue weighted by molar-refractivity contribution is -0.134. The van der Waals surface area contributed by atoms with E-state index in [2.05, 4.69) is 14.4 Å². The largest absolute Gasteiger partial charge is 0.493 e. The molecule has 178 valence electrons. The fourth-order valence-electron chi connectivity index (χ4n) is 3.56. The van der Waals surface area contributed by atoms with Crippen molar-refractivity contribution >= 4 is 28.0 Å². The number of piperidine rings is 1. The van der Waals surface area contributed by atoms with E-state index in [9.17, 15) is 18.0 Å². The molecule has 1 aromatic carbocycles. The van der Waals surface area contributed by atoms with Crippen LogP contribution in [0.15, 0.2) is 23.1 Å². The molecular formula is C21H31N3O7S. The topological polar surface area (TPSA) is 137 Å². The summed E-state index contributed by atoms with van der Waals surface area (Å²) in [5, 5.41) is 0. The number of hydrogen-bond donors (Lipinski definition) is 2. The highest BCUT2D eigenvalue weighted by atomic mass is 32.2. The van der Waals surface area contributed by atoms with Crippen LogP contribution in [0.2, 0.25) is 0 Å². The summed E-state index contributed by atoms with van der Waals surface area (Å²) in [6.45, 7) is 2.31. The van der Waals surface area contributed by atoms with Gasteiger partial charge in [-0.25, -0.2) is 17.9 Å². The number of carbonyl (C=O) groups is 2. The van der Waals surface area contributed by atoms with Crippen LogP contribution in [0.25, 0.3) is 6.08 Å². The molecule has 1 aromatic rings. The second-order valence-electron chi connectivity index (χ2n) is 7.40. The lowest BCUT2D eigenvalue weighted by Gasteiger charge is -2.31. The van der Waals surface area contributed by atoms with Crippen molar-refractivity contribution in [3.63, 3.8) is 0 Å². The predicted molar refractivity (Wildman–Crippen MR) is 119 cm³/mol. The zero-order valence-corrected chi connectivity index (χ0v) is 19.4. The van der Waals surface area contributed by atoms with Crippen LogP contribution in [0, 0.1) is 5.92 Å². The van der Waals surface area contributed by atoms with Gasteiger partial charge in [0.15, 0.2) is 11.5 Å². The minimum Gasteiger partial charge on any atom is -0.493 e. The number of likely N-dealkylation sites (tertiary alicyclic amines) is 1. The van der Waals surface area contributed by atoms with Crippen LogP contribution in [-0.4, -0.2) is 72.7 Å². The summed E-state index contributed by atoms with van der Waals surface area (Å²) in [5.41, 5.74) is 5.83. The summed E-state index contributed by atoms with van der Waals surface area (Å²) in [4.78, 5) is 24.8. The van der Waals surface area contributed by atoms with Crippen LogP contribution in [-0.2, 0) is 24.3 Å². The number of benzene rings is 1. The number of ether oxygens (including phenoxy) is 3. The van der Waals surface area contributed by atoms with Crippen LogP contribution in [0.1, 0.15) is 24.8 Å². The third kappa shape index (κ3) is 6.94. The van der Waals surface area contributed by atoms with E-state index in [0.717, 1.165) is 19.4 Å². The summed E-state index contributed by atoms with van der Waals surface area (Å²) in [6, 6.07) is 2.95. The molecule has 0 spiro atoms. The molecule has 1 atom stereocenters. The number of nitrogens with zero attached hydrogens (tertiary/aromatic N) is 1. The normalized spacial score (nSPS) is 17.3. The average molecular weight is 470 g/mol. The molecule has 1 saturated heterocycles. The summed E-state index contributed by atoms with van der Waals surface area (Å²) in [7, 11) is 0.0717. The van der Waals surface area contributed by atoms with Gasteiger partial charge in [-0.3, -0.25) is 4.79 Å². The number of amides is 1. The van der Waals surface area contributed by atoms with Crippen LogP contribution >= 0.6 is 0 Å². The second kappa shape index (κ2) is 11.8. The standard InChI is InChI=1S/C21H31N3O7S/c1-29-17-12-15(7-8-19(25)30-2)13-18(20(17)31-3)32(27,28)23-9-5-11-24-10-4-6-16(14-24)21(22)26/h7-8,12-13,16,23H,4-6,9-11,14H2,1-3H3,(H2,22,26)/b8-7+. The van der Waals surface area contributed by atoms with Crippen molar-refractivity contribution in [2.45, 2.75) is 24.2 Å². The van der Waals surface area contributed by atoms with Gasteiger partial charge in [0.2, 0.25) is 15.9 Å². The van der Waals surface area contributed by atoms with Crippen LogP contribution in [0.3, 0.4) is 0 Å². The van der Waals surface area contributed by atoms with Gasteiger partial charge < -0.3 is 24.8 Å². The van der Waals surface area contributed by atoms with E-state index in [4.69, 9.17) is 15.2 Å². The summed E-state index contributed by atoms with van der Waals surface area (Å²) < 4.78 is 43.7. The third-order valence-corrected chi connectivity index (χ3v) is 6.69. The van der Waals surface area contributed by atoms with Crippen molar-refractivity contribution in [2.75, 3.05) is 47.5 Å². The average Bonchev–Trinajstić information content (AvgIpc) is 2.79. The molecular weight excluding hydrogens is 438 g/mol. The fourth-order valence-corrected chi connectivity index (χ4v) is 4.84. The zero-order valence-electron chi connectivity index (χ0n) is 18.6. The molecule has 1 aliphatic heterocycles. The molecule has 10 nitrogen and oxygen atoms in total. The first-order chi connectivity index (χ1) is 15.2. The minimum atomic E-state index is -3.93.